The third-order valence-corrected chi connectivity index (χ3v) is 4.99. The number of carbonyl (C=O) groups is 1. The number of methoxy groups -OCH3 is 1. The molecule has 1 saturated heterocycles. The van der Waals surface area contributed by atoms with Gasteiger partial charge in [-0.05, 0) is 56.5 Å². The van der Waals surface area contributed by atoms with Crippen molar-refractivity contribution in [2.24, 2.45) is 13.0 Å². The number of aromatic nitrogens is 2. The van der Waals surface area contributed by atoms with Gasteiger partial charge in [0.2, 0.25) is 0 Å². The molecule has 1 aliphatic heterocycles. The summed E-state index contributed by atoms with van der Waals surface area (Å²) >= 11 is 0. The third kappa shape index (κ3) is 3.93. The predicted octanol–water partition coefficient (Wildman–Crippen LogP) is 3.14. The molecular formula is C20H27N3O2. The monoisotopic (exact) mass is 341 g/mol. The SMILES string of the molecule is COc1c(C)cc(C(=O)C2CCCN(Cc3cnn(C)c3)C2)cc1C. The van der Waals surface area contributed by atoms with E-state index in [2.05, 4.69) is 10.00 Å². The number of carbonyl (C=O) groups excluding carboxylic acids is 1. The lowest BCUT2D eigenvalue weighted by molar-refractivity contribution is 0.0811. The van der Waals surface area contributed by atoms with E-state index in [-0.39, 0.29) is 11.7 Å². The molecule has 1 aromatic heterocycles. The lowest BCUT2D eigenvalue weighted by atomic mass is 9.88. The van der Waals surface area contributed by atoms with Crippen LogP contribution in [-0.2, 0) is 13.6 Å². The largest absolute Gasteiger partial charge is 0.496 e. The lowest BCUT2D eigenvalue weighted by Gasteiger charge is -2.31. The van der Waals surface area contributed by atoms with Crippen LogP contribution >= 0.6 is 0 Å². The molecule has 25 heavy (non-hydrogen) atoms. The number of hydrogen-bond acceptors (Lipinski definition) is 4. The number of Topliss-reactive ketones (excluding diaryl/α,β-unsaturated/α-hetero) is 1. The summed E-state index contributed by atoms with van der Waals surface area (Å²) in [6.45, 7) is 6.71. The van der Waals surface area contributed by atoms with Crippen LogP contribution in [0, 0.1) is 19.8 Å². The van der Waals surface area contributed by atoms with Gasteiger partial charge < -0.3 is 4.74 Å². The van der Waals surface area contributed by atoms with E-state index in [1.165, 1.54) is 5.56 Å². The first-order valence-electron chi connectivity index (χ1n) is 8.87. The number of piperidine rings is 1. The summed E-state index contributed by atoms with van der Waals surface area (Å²) in [7, 11) is 3.61. The van der Waals surface area contributed by atoms with Crippen LogP contribution in [0.15, 0.2) is 24.5 Å². The number of aryl methyl sites for hydroxylation is 3. The Morgan fingerprint density at radius 3 is 2.64 bits per heavy atom. The number of benzene rings is 1. The first-order chi connectivity index (χ1) is 12.0. The fraction of sp³-hybridized carbons (Fsp3) is 0.500. The van der Waals surface area contributed by atoms with Crippen LogP contribution in [0.3, 0.4) is 0 Å². The van der Waals surface area contributed by atoms with Crippen molar-refractivity contribution in [3.8, 4) is 5.75 Å². The van der Waals surface area contributed by atoms with E-state index in [9.17, 15) is 4.79 Å². The summed E-state index contributed by atoms with van der Waals surface area (Å²) in [5.41, 5.74) is 4.05. The van der Waals surface area contributed by atoms with Gasteiger partial charge in [0.15, 0.2) is 5.78 Å². The minimum Gasteiger partial charge on any atom is -0.496 e. The van der Waals surface area contributed by atoms with Gasteiger partial charge in [-0.15, -0.1) is 0 Å². The second-order valence-corrected chi connectivity index (χ2v) is 7.10. The van der Waals surface area contributed by atoms with E-state index in [4.69, 9.17) is 4.74 Å². The van der Waals surface area contributed by atoms with Crippen molar-refractivity contribution in [2.75, 3.05) is 20.2 Å². The zero-order valence-electron chi connectivity index (χ0n) is 15.6. The van der Waals surface area contributed by atoms with Gasteiger partial charge in [-0.1, -0.05) is 0 Å². The molecule has 3 rings (SSSR count). The summed E-state index contributed by atoms with van der Waals surface area (Å²) in [6.07, 6.45) is 5.97. The van der Waals surface area contributed by atoms with E-state index in [0.717, 1.165) is 54.9 Å². The van der Waals surface area contributed by atoms with Crippen molar-refractivity contribution < 1.29 is 9.53 Å². The summed E-state index contributed by atoms with van der Waals surface area (Å²) < 4.78 is 7.24. The van der Waals surface area contributed by atoms with Crippen LogP contribution in [0.5, 0.6) is 5.75 Å². The third-order valence-electron chi connectivity index (χ3n) is 4.99. The molecule has 1 fully saturated rings. The highest BCUT2D eigenvalue weighted by Crippen LogP contribution is 2.28. The Morgan fingerprint density at radius 2 is 2.04 bits per heavy atom. The zero-order chi connectivity index (χ0) is 18.0. The Morgan fingerprint density at radius 1 is 1.32 bits per heavy atom. The van der Waals surface area contributed by atoms with E-state index in [1.54, 1.807) is 7.11 Å². The maximum atomic E-state index is 13.0. The standard InChI is InChI=1S/C20H27N3O2/c1-14-8-18(9-15(2)20(14)25-4)19(24)17-6-5-7-23(13-17)12-16-10-21-22(3)11-16/h8-11,17H,5-7,12-13H2,1-4H3. The second-order valence-electron chi connectivity index (χ2n) is 7.10. The minimum absolute atomic E-state index is 0.0672. The number of nitrogens with zero attached hydrogens (tertiary/aromatic N) is 3. The maximum Gasteiger partial charge on any atom is 0.167 e. The fourth-order valence-corrected chi connectivity index (χ4v) is 3.88. The molecule has 5 heteroatoms. The van der Waals surface area contributed by atoms with Gasteiger partial charge in [0.1, 0.15) is 5.75 Å². The normalized spacial score (nSPS) is 18.3. The Labute approximate surface area is 149 Å². The van der Waals surface area contributed by atoms with Crippen molar-refractivity contribution in [1.29, 1.82) is 0 Å². The lowest BCUT2D eigenvalue weighted by Crippen LogP contribution is -2.38. The number of likely N-dealkylation sites (tertiary alicyclic amines) is 1. The maximum absolute atomic E-state index is 13.0. The van der Waals surface area contributed by atoms with Gasteiger partial charge in [-0.2, -0.15) is 5.10 Å². The Bertz CT molecular complexity index is 743. The molecular weight excluding hydrogens is 314 g/mol. The zero-order valence-corrected chi connectivity index (χ0v) is 15.6. The van der Waals surface area contributed by atoms with Gasteiger partial charge in [-0.25, -0.2) is 0 Å². The quantitative estimate of drug-likeness (QED) is 0.784. The van der Waals surface area contributed by atoms with Crippen LogP contribution in [0.1, 0.15) is 39.9 Å². The van der Waals surface area contributed by atoms with Gasteiger partial charge in [0.05, 0.1) is 13.3 Å². The van der Waals surface area contributed by atoms with Crippen LogP contribution in [0.2, 0.25) is 0 Å². The Kier molecular flexibility index (Phi) is 5.23. The van der Waals surface area contributed by atoms with E-state index in [0.29, 0.717) is 0 Å². The first-order valence-corrected chi connectivity index (χ1v) is 8.87. The average Bonchev–Trinajstić information content (AvgIpc) is 2.99. The van der Waals surface area contributed by atoms with E-state index in [1.807, 2.05) is 50.1 Å². The highest BCUT2D eigenvalue weighted by molar-refractivity contribution is 5.98. The van der Waals surface area contributed by atoms with E-state index < -0.39 is 0 Å². The predicted molar refractivity (Wildman–Crippen MR) is 98.0 cm³/mol. The van der Waals surface area contributed by atoms with Crippen LogP contribution in [0.4, 0.5) is 0 Å². The molecule has 0 N–H and O–H groups in total. The first kappa shape index (κ1) is 17.7. The summed E-state index contributed by atoms with van der Waals surface area (Å²) in [5, 5.41) is 4.23. The van der Waals surface area contributed by atoms with Crippen molar-refractivity contribution in [3.63, 3.8) is 0 Å². The topological polar surface area (TPSA) is 47.4 Å². The molecule has 1 aliphatic rings. The summed E-state index contributed by atoms with van der Waals surface area (Å²) in [4.78, 5) is 15.4. The molecule has 2 aromatic rings. The molecule has 0 spiro atoms. The van der Waals surface area contributed by atoms with Crippen LogP contribution < -0.4 is 4.74 Å². The van der Waals surface area contributed by atoms with Crippen LogP contribution in [0.25, 0.3) is 0 Å². The van der Waals surface area contributed by atoms with E-state index >= 15 is 0 Å². The van der Waals surface area contributed by atoms with Crippen molar-refractivity contribution >= 4 is 5.78 Å². The Balaban J connectivity index is 1.71. The molecule has 134 valence electrons. The van der Waals surface area contributed by atoms with Gasteiger partial charge in [-0.3, -0.25) is 14.4 Å². The van der Waals surface area contributed by atoms with Crippen molar-refractivity contribution in [2.45, 2.75) is 33.2 Å². The summed E-state index contributed by atoms with van der Waals surface area (Å²) in [5.74, 6) is 1.20. The molecule has 0 saturated carbocycles. The highest BCUT2D eigenvalue weighted by Gasteiger charge is 2.27. The molecule has 1 atom stereocenters. The average molecular weight is 341 g/mol. The molecule has 1 aromatic carbocycles. The van der Waals surface area contributed by atoms with Gasteiger partial charge in [0.25, 0.3) is 0 Å². The van der Waals surface area contributed by atoms with Crippen LogP contribution in [-0.4, -0.2) is 40.7 Å². The number of hydrogen-bond donors (Lipinski definition) is 0. The number of ether oxygens (including phenoxy) is 1. The smallest absolute Gasteiger partial charge is 0.167 e. The highest BCUT2D eigenvalue weighted by atomic mass is 16.5. The fourth-order valence-electron chi connectivity index (χ4n) is 3.88. The molecule has 0 aliphatic carbocycles. The van der Waals surface area contributed by atoms with Crippen molar-refractivity contribution in [1.82, 2.24) is 14.7 Å². The molecule has 2 heterocycles. The molecule has 1 unspecified atom stereocenters. The van der Waals surface area contributed by atoms with Crippen molar-refractivity contribution in [3.05, 3.63) is 46.8 Å². The molecule has 0 radical (unpaired) electrons. The number of rotatable bonds is 5. The molecule has 5 nitrogen and oxygen atoms in total. The molecule has 0 amide bonds. The Hall–Kier alpha value is -2.14. The minimum atomic E-state index is 0.0672. The van der Waals surface area contributed by atoms with Gasteiger partial charge in [0, 0.05) is 43.4 Å². The number of ketones is 1. The second kappa shape index (κ2) is 7.40. The summed E-state index contributed by atoms with van der Waals surface area (Å²) in [6, 6.07) is 3.93. The van der Waals surface area contributed by atoms with Gasteiger partial charge >= 0.3 is 0 Å². The molecule has 0 bridgehead atoms.